The van der Waals surface area contributed by atoms with Crippen molar-refractivity contribution in [3.05, 3.63) is 126 Å². The van der Waals surface area contributed by atoms with Gasteiger partial charge in [-0.1, -0.05) is 54.6 Å². The van der Waals surface area contributed by atoms with Gasteiger partial charge in [-0.2, -0.15) is 5.06 Å². The van der Waals surface area contributed by atoms with E-state index in [9.17, 15) is 19.2 Å². The van der Waals surface area contributed by atoms with E-state index < -0.39 is 29.9 Å². The van der Waals surface area contributed by atoms with Crippen LogP contribution in [-0.4, -0.2) is 43.9 Å². The SMILES string of the molecule is CCn1c2ccc(C(=O)c3ccccc3-n3c4ccccc4c4ccccc43)cc2c2cc(C(CC(C)N(OC(C)=O)C(C)=O)NOC(C)=O)ccc21. The van der Waals surface area contributed by atoms with Crippen molar-refractivity contribution in [2.24, 2.45) is 0 Å². The molecule has 10 heteroatoms. The van der Waals surface area contributed by atoms with Gasteiger partial charge >= 0.3 is 11.9 Å². The molecule has 2 heterocycles. The molecule has 2 atom stereocenters. The molecule has 0 bridgehead atoms. The summed E-state index contributed by atoms with van der Waals surface area (Å²) in [5, 5.41) is 5.07. The summed E-state index contributed by atoms with van der Waals surface area (Å²) in [6.45, 7) is 8.38. The molecule has 0 spiro atoms. The van der Waals surface area contributed by atoms with Crippen LogP contribution in [-0.2, 0) is 30.6 Å². The molecule has 7 rings (SSSR count). The number of nitrogens with zero attached hydrogens (tertiary/aromatic N) is 3. The van der Waals surface area contributed by atoms with Crippen LogP contribution >= 0.6 is 0 Å². The number of rotatable bonds is 10. The number of hydrogen-bond donors (Lipinski definition) is 1. The number of benzene rings is 5. The molecule has 53 heavy (non-hydrogen) atoms. The number of ketones is 1. The third-order valence-electron chi connectivity index (χ3n) is 9.70. The lowest BCUT2D eigenvalue weighted by molar-refractivity contribution is -0.204. The van der Waals surface area contributed by atoms with Gasteiger partial charge in [-0.05, 0) is 80.4 Å². The van der Waals surface area contributed by atoms with E-state index in [4.69, 9.17) is 9.68 Å². The van der Waals surface area contributed by atoms with Gasteiger partial charge in [0, 0.05) is 71.0 Å². The highest BCUT2D eigenvalue weighted by atomic mass is 16.7. The van der Waals surface area contributed by atoms with Crippen LogP contribution in [0.4, 0.5) is 0 Å². The molecule has 0 aliphatic rings. The fourth-order valence-electron chi connectivity index (χ4n) is 7.46. The zero-order valence-electron chi connectivity index (χ0n) is 30.3. The van der Waals surface area contributed by atoms with Crippen molar-refractivity contribution in [2.45, 2.75) is 59.7 Å². The van der Waals surface area contributed by atoms with Gasteiger partial charge in [0.25, 0.3) is 5.91 Å². The van der Waals surface area contributed by atoms with Crippen molar-refractivity contribution >= 4 is 67.2 Å². The first-order valence-electron chi connectivity index (χ1n) is 17.7. The minimum absolute atomic E-state index is 0.101. The Labute approximate surface area is 306 Å². The monoisotopic (exact) mass is 708 g/mol. The number of hydroxylamine groups is 3. The molecule has 0 fully saturated rings. The number of fused-ring (bicyclic) bond motifs is 6. The second-order valence-electron chi connectivity index (χ2n) is 13.2. The quantitative estimate of drug-likeness (QED) is 0.112. The van der Waals surface area contributed by atoms with E-state index in [1.165, 1.54) is 20.8 Å². The molecule has 2 unspecified atom stereocenters. The van der Waals surface area contributed by atoms with Crippen LogP contribution in [0, 0.1) is 0 Å². The summed E-state index contributed by atoms with van der Waals surface area (Å²) in [4.78, 5) is 61.0. The van der Waals surface area contributed by atoms with Crippen molar-refractivity contribution in [3.63, 3.8) is 0 Å². The van der Waals surface area contributed by atoms with Gasteiger partial charge < -0.3 is 18.8 Å². The third kappa shape index (κ3) is 6.53. The smallest absolute Gasteiger partial charge is 0.329 e. The van der Waals surface area contributed by atoms with Crippen molar-refractivity contribution < 1.29 is 28.9 Å². The normalized spacial score (nSPS) is 12.6. The first-order valence-corrected chi connectivity index (χ1v) is 17.7. The summed E-state index contributed by atoms with van der Waals surface area (Å²) in [5.74, 6) is -1.68. The fraction of sp³-hybridized carbons (Fsp3) is 0.209. The molecular formula is C43H40N4O6. The summed E-state index contributed by atoms with van der Waals surface area (Å²) in [7, 11) is 0. The average Bonchev–Trinajstić information content (AvgIpc) is 3.66. The Morgan fingerprint density at radius 2 is 1.30 bits per heavy atom. The zero-order chi connectivity index (χ0) is 37.4. The molecule has 0 aliphatic carbocycles. The van der Waals surface area contributed by atoms with E-state index in [-0.39, 0.29) is 12.2 Å². The van der Waals surface area contributed by atoms with E-state index in [1.807, 2.05) is 84.9 Å². The number of nitrogens with one attached hydrogen (secondary N) is 1. The van der Waals surface area contributed by atoms with E-state index in [1.54, 1.807) is 6.92 Å². The van der Waals surface area contributed by atoms with E-state index >= 15 is 0 Å². The summed E-state index contributed by atoms with van der Waals surface area (Å²) < 4.78 is 4.36. The summed E-state index contributed by atoms with van der Waals surface area (Å²) in [5.41, 5.74) is 9.56. The van der Waals surface area contributed by atoms with Crippen molar-refractivity contribution in [3.8, 4) is 5.69 Å². The Balaban J connectivity index is 1.32. The van der Waals surface area contributed by atoms with Gasteiger partial charge in [-0.3, -0.25) is 19.2 Å². The molecule has 1 amide bonds. The van der Waals surface area contributed by atoms with Crippen molar-refractivity contribution in [1.82, 2.24) is 19.7 Å². The number of carbonyl (C=O) groups excluding carboxylic acids is 4. The maximum absolute atomic E-state index is 14.6. The largest absolute Gasteiger partial charge is 0.370 e. The molecule has 10 nitrogen and oxygen atoms in total. The first kappa shape index (κ1) is 35.2. The van der Waals surface area contributed by atoms with Gasteiger partial charge in [0.15, 0.2) is 5.78 Å². The van der Waals surface area contributed by atoms with Crippen LogP contribution in [0.2, 0.25) is 0 Å². The zero-order valence-corrected chi connectivity index (χ0v) is 30.3. The standard InChI is InChI=1S/C43H40N4O6/c1-6-45-38-21-19-30(37(44-52-28(4)49)23-26(2)47(27(3)48)53-29(5)50)24-35(38)36-25-31(20-22-39(36)45)43(51)34-15-9-12-18-42(34)46-40-16-10-7-13-32(40)33-14-8-11-17-41(33)46/h7-22,24-26,37,44H,6,23H2,1-5H3. The van der Waals surface area contributed by atoms with Crippen LogP contribution in [0.1, 0.15) is 68.6 Å². The topological polar surface area (TPSA) is 112 Å². The second kappa shape index (κ2) is 14.4. The van der Waals surface area contributed by atoms with Crippen LogP contribution in [0.15, 0.2) is 109 Å². The maximum Gasteiger partial charge on any atom is 0.329 e. The van der Waals surface area contributed by atoms with E-state index in [2.05, 4.69) is 45.8 Å². The number of hydrogen-bond acceptors (Lipinski definition) is 7. The molecule has 0 saturated carbocycles. The Hall–Kier alpha value is -6.26. The first-order chi connectivity index (χ1) is 25.6. The number of amides is 1. The fourth-order valence-corrected chi connectivity index (χ4v) is 7.46. The lowest BCUT2D eigenvalue weighted by atomic mass is 9.97. The Morgan fingerprint density at radius 1 is 0.698 bits per heavy atom. The maximum atomic E-state index is 14.6. The number of carbonyl (C=O) groups is 4. The average molecular weight is 709 g/mol. The molecule has 7 aromatic rings. The second-order valence-corrected chi connectivity index (χ2v) is 13.2. The Bertz CT molecular complexity index is 2510. The lowest BCUT2D eigenvalue weighted by Crippen LogP contribution is -2.41. The highest BCUT2D eigenvalue weighted by Gasteiger charge is 2.27. The Morgan fingerprint density at radius 3 is 1.92 bits per heavy atom. The molecule has 0 radical (unpaired) electrons. The van der Waals surface area contributed by atoms with Crippen molar-refractivity contribution in [1.29, 1.82) is 0 Å². The Kier molecular flexibility index (Phi) is 9.55. The van der Waals surface area contributed by atoms with Gasteiger partial charge in [0.05, 0.1) is 28.8 Å². The van der Waals surface area contributed by atoms with Gasteiger partial charge in [0.1, 0.15) is 0 Å². The molecular weight excluding hydrogens is 668 g/mol. The molecule has 0 aliphatic heterocycles. The molecule has 5 aromatic carbocycles. The predicted octanol–water partition coefficient (Wildman–Crippen LogP) is 8.36. The number of aryl methyl sites for hydroxylation is 1. The summed E-state index contributed by atoms with van der Waals surface area (Å²) >= 11 is 0. The molecule has 2 aromatic heterocycles. The number of para-hydroxylation sites is 3. The molecule has 0 saturated heterocycles. The number of aromatic nitrogens is 2. The summed E-state index contributed by atoms with van der Waals surface area (Å²) in [6, 6.07) is 34.9. The van der Waals surface area contributed by atoms with Crippen LogP contribution in [0.3, 0.4) is 0 Å². The van der Waals surface area contributed by atoms with Crippen molar-refractivity contribution in [2.75, 3.05) is 0 Å². The summed E-state index contributed by atoms with van der Waals surface area (Å²) in [6.07, 6.45) is 0.251. The highest BCUT2D eigenvalue weighted by Crippen LogP contribution is 2.36. The van der Waals surface area contributed by atoms with Gasteiger partial charge in [-0.25, -0.2) is 0 Å². The molecule has 268 valence electrons. The van der Waals surface area contributed by atoms with Crippen LogP contribution in [0.5, 0.6) is 0 Å². The lowest BCUT2D eigenvalue weighted by Gasteiger charge is -2.29. The van der Waals surface area contributed by atoms with E-state index in [0.717, 1.165) is 59.9 Å². The van der Waals surface area contributed by atoms with Crippen LogP contribution in [0.25, 0.3) is 49.3 Å². The van der Waals surface area contributed by atoms with E-state index in [0.29, 0.717) is 17.7 Å². The highest BCUT2D eigenvalue weighted by molar-refractivity contribution is 6.17. The minimum atomic E-state index is -0.617. The molecule has 1 N–H and O–H groups in total. The van der Waals surface area contributed by atoms with Gasteiger partial charge in [0.2, 0.25) is 0 Å². The van der Waals surface area contributed by atoms with Crippen LogP contribution < -0.4 is 5.48 Å². The minimum Gasteiger partial charge on any atom is -0.370 e. The predicted molar refractivity (Wildman–Crippen MR) is 205 cm³/mol. The third-order valence-corrected chi connectivity index (χ3v) is 9.70. The van der Waals surface area contributed by atoms with Gasteiger partial charge in [-0.15, -0.1) is 5.48 Å².